The van der Waals surface area contributed by atoms with Crippen molar-refractivity contribution in [3.05, 3.63) is 69.2 Å². The van der Waals surface area contributed by atoms with Gasteiger partial charge >= 0.3 is 6.03 Å². The Morgan fingerprint density at radius 3 is 2.68 bits per heavy atom. The van der Waals surface area contributed by atoms with E-state index in [2.05, 4.69) is 15.6 Å². The third-order valence-corrected chi connectivity index (χ3v) is 6.63. The van der Waals surface area contributed by atoms with Gasteiger partial charge < -0.3 is 10.6 Å². The van der Waals surface area contributed by atoms with Crippen LogP contribution < -0.4 is 15.5 Å². The zero-order valence-corrected chi connectivity index (χ0v) is 18.0. The van der Waals surface area contributed by atoms with Crippen molar-refractivity contribution in [2.45, 2.75) is 16.2 Å². The van der Waals surface area contributed by atoms with Gasteiger partial charge in [0.25, 0.3) is 11.6 Å². The normalized spacial score (nSPS) is 13.2. The van der Waals surface area contributed by atoms with Crippen molar-refractivity contribution in [2.24, 2.45) is 0 Å². The molecule has 158 valence electrons. The predicted octanol–water partition coefficient (Wildman–Crippen LogP) is 4.29. The summed E-state index contributed by atoms with van der Waals surface area (Å²) in [6.07, 6.45) is 0. The van der Waals surface area contributed by atoms with Crippen molar-refractivity contribution < 1.29 is 14.5 Å². The van der Waals surface area contributed by atoms with E-state index >= 15 is 0 Å². The van der Waals surface area contributed by atoms with Crippen molar-refractivity contribution in [1.82, 2.24) is 10.3 Å². The van der Waals surface area contributed by atoms with Gasteiger partial charge in [-0.3, -0.25) is 19.8 Å². The highest BCUT2D eigenvalue weighted by Crippen LogP contribution is 2.37. The number of amides is 3. The van der Waals surface area contributed by atoms with E-state index in [1.807, 2.05) is 12.3 Å². The number of carbonyl (C=O) groups excluding carboxylic acids is 2. The molecule has 0 atom stereocenters. The van der Waals surface area contributed by atoms with Crippen molar-refractivity contribution in [3.8, 4) is 0 Å². The van der Waals surface area contributed by atoms with Crippen LogP contribution in [0.4, 0.5) is 21.9 Å². The minimum Gasteiger partial charge on any atom is -0.336 e. The van der Waals surface area contributed by atoms with Gasteiger partial charge in [-0.1, -0.05) is 11.8 Å². The molecule has 1 aliphatic rings. The van der Waals surface area contributed by atoms with E-state index in [1.165, 1.54) is 29.2 Å². The van der Waals surface area contributed by atoms with Gasteiger partial charge in [-0.2, -0.15) is 0 Å². The smallest absolute Gasteiger partial charge is 0.321 e. The third-order valence-electron chi connectivity index (χ3n) is 4.51. The minimum absolute atomic E-state index is 0.152. The number of aromatic nitrogens is 1. The summed E-state index contributed by atoms with van der Waals surface area (Å²) in [5.41, 5.74) is 2.12. The van der Waals surface area contributed by atoms with Crippen LogP contribution in [0.3, 0.4) is 0 Å². The van der Waals surface area contributed by atoms with E-state index in [-0.39, 0.29) is 17.3 Å². The molecule has 1 fully saturated rings. The average molecular weight is 456 g/mol. The van der Waals surface area contributed by atoms with Crippen LogP contribution in [0.2, 0.25) is 0 Å². The standard InChI is InChI=1S/C20H17N5O4S2/c1-12-11-30-20(22-12)31-17-7-2-13(10-16(17)25(28)29)18(26)23-14-3-5-15(6-4-14)24-9-8-21-19(24)27/h2-7,10-11H,8-9H2,1H3,(H,21,27)(H,23,26). The van der Waals surface area contributed by atoms with E-state index in [0.717, 1.165) is 11.4 Å². The molecule has 0 radical (unpaired) electrons. The van der Waals surface area contributed by atoms with E-state index in [0.29, 0.717) is 28.0 Å². The number of anilines is 2. The Kier molecular flexibility index (Phi) is 5.87. The molecule has 2 N–H and O–H groups in total. The molecular weight excluding hydrogens is 438 g/mol. The number of hydrogen-bond donors (Lipinski definition) is 2. The number of nitro groups is 1. The summed E-state index contributed by atoms with van der Waals surface area (Å²) in [6.45, 7) is 3.03. The fourth-order valence-electron chi connectivity index (χ4n) is 3.01. The van der Waals surface area contributed by atoms with E-state index in [9.17, 15) is 19.7 Å². The largest absolute Gasteiger partial charge is 0.336 e. The van der Waals surface area contributed by atoms with Gasteiger partial charge in [0.1, 0.15) is 0 Å². The summed E-state index contributed by atoms with van der Waals surface area (Å²) in [5.74, 6) is -0.462. The molecule has 1 saturated heterocycles. The fraction of sp³-hybridized carbons (Fsp3) is 0.150. The van der Waals surface area contributed by atoms with Crippen LogP contribution in [0.1, 0.15) is 16.1 Å². The second-order valence-electron chi connectivity index (χ2n) is 6.68. The second-order valence-corrected chi connectivity index (χ2v) is 8.83. The number of thiazole rings is 1. The molecule has 0 unspecified atom stereocenters. The second kappa shape index (κ2) is 8.74. The Hall–Kier alpha value is -3.44. The maximum atomic E-state index is 12.6. The molecule has 3 amide bonds. The monoisotopic (exact) mass is 455 g/mol. The lowest BCUT2D eigenvalue weighted by Gasteiger charge is -2.14. The molecule has 0 aliphatic carbocycles. The highest BCUT2D eigenvalue weighted by molar-refractivity contribution is 8.01. The van der Waals surface area contributed by atoms with Crippen LogP contribution in [0.15, 0.2) is 57.1 Å². The van der Waals surface area contributed by atoms with Crippen molar-refractivity contribution in [1.29, 1.82) is 0 Å². The average Bonchev–Trinajstić information content (AvgIpc) is 3.36. The van der Waals surface area contributed by atoms with Crippen molar-refractivity contribution in [3.63, 3.8) is 0 Å². The Balaban J connectivity index is 1.49. The van der Waals surface area contributed by atoms with Crippen LogP contribution >= 0.6 is 23.1 Å². The fourth-order valence-corrected chi connectivity index (χ4v) is 4.89. The molecule has 0 bridgehead atoms. The molecule has 1 aromatic heterocycles. The van der Waals surface area contributed by atoms with Gasteiger partial charge in [0.05, 0.1) is 9.82 Å². The molecule has 2 heterocycles. The quantitative estimate of drug-likeness (QED) is 0.423. The molecule has 4 rings (SSSR count). The van der Waals surface area contributed by atoms with Crippen LogP contribution in [-0.4, -0.2) is 34.9 Å². The molecule has 9 nitrogen and oxygen atoms in total. The van der Waals surface area contributed by atoms with Gasteiger partial charge in [0, 0.05) is 47.2 Å². The maximum Gasteiger partial charge on any atom is 0.321 e. The summed E-state index contributed by atoms with van der Waals surface area (Å²) in [4.78, 5) is 41.7. The van der Waals surface area contributed by atoms with Crippen molar-refractivity contribution in [2.75, 3.05) is 23.3 Å². The Morgan fingerprint density at radius 2 is 2.06 bits per heavy atom. The number of aryl methyl sites for hydroxylation is 1. The number of urea groups is 1. The molecule has 2 aromatic carbocycles. The lowest BCUT2D eigenvalue weighted by Crippen LogP contribution is -2.27. The summed E-state index contributed by atoms with van der Waals surface area (Å²) >= 11 is 2.61. The number of carbonyl (C=O) groups is 2. The molecule has 11 heteroatoms. The highest BCUT2D eigenvalue weighted by atomic mass is 32.2. The van der Waals surface area contributed by atoms with Crippen LogP contribution in [0, 0.1) is 17.0 Å². The summed E-state index contributed by atoms with van der Waals surface area (Å²) in [5, 5.41) is 18.9. The van der Waals surface area contributed by atoms with Crippen LogP contribution in [0.5, 0.6) is 0 Å². The van der Waals surface area contributed by atoms with Gasteiger partial charge in [-0.25, -0.2) is 9.78 Å². The predicted molar refractivity (Wildman–Crippen MR) is 119 cm³/mol. The van der Waals surface area contributed by atoms with Gasteiger partial charge in [0.15, 0.2) is 4.34 Å². The first-order valence-corrected chi connectivity index (χ1v) is 11.0. The lowest BCUT2D eigenvalue weighted by atomic mass is 10.2. The molecule has 0 spiro atoms. The third kappa shape index (κ3) is 4.67. The first kappa shape index (κ1) is 20.8. The van der Waals surface area contributed by atoms with E-state index < -0.39 is 10.8 Å². The van der Waals surface area contributed by atoms with Gasteiger partial charge in [-0.15, -0.1) is 11.3 Å². The zero-order valence-electron chi connectivity index (χ0n) is 16.3. The number of rotatable bonds is 6. The SMILES string of the molecule is Cc1csc(Sc2ccc(C(=O)Nc3ccc(N4CCNC4=O)cc3)cc2[N+](=O)[O-])n1. The number of hydrogen-bond acceptors (Lipinski definition) is 7. The molecular formula is C20H17N5O4S2. The number of nitrogens with one attached hydrogen (secondary N) is 2. The topological polar surface area (TPSA) is 117 Å². The molecule has 31 heavy (non-hydrogen) atoms. The first-order valence-electron chi connectivity index (χ1n) is 9.26. The summed E-state index contributed by atoms with van der Waals surface area (Å²) in [6, 6.07) is 11.1. The number of nitrogens with zero attached hydrogens (tertiary/aromatic N) is 3. The molecule has 3 aromatic rings. The Morgan fingerprint density at radius 1 is 1.29 bits per heavy atom. The minimum atomic E-state index is -0.504. The lowest BCUT2D eigenvalue weighted by molar-refractivity contribution is -0.387. The van der Waals surface area contributed by atoms with Crippen LogP contribution in [-0.2, 0) is 0 Å². The number of nitro benzene ring substituents is 1. The highest BCUT2D eigenvalue weighted by Gasteiger charge is 2.22. The van der Waals surface area contributed by atoms with E-state index in [1.54, 1.807) is 41.3 Å². The first-order chi connectivity index (χ1) is 14.9. The van der Waals surface area contributed by atoms with Crippen molar-refractivity contribution >= 4 is 52.1 Å². The Labute approximate surface area is 185 Å². The van der Waals surface area contributed by atoms with Crippen LogP contribution in [0.25, 0.3) is 0 Å². The molecule has 1 aliphatic heterocycles. The van der Waals surface area contributed by atoms with Gasteiger partial charge in [0.2, 0.25) is 0 Å². The number of benzene rings is 2. The summed E-state index contributed by atoms with van der Waals surface area (Å²) in [7, 11) is 0. The maximum absolute atomic E-state index is 12.6. The molecule has 0 saturated carbocycles. The van der Waals surface area contributed by atoms with E-state index in [4.69, 9.17) is 0 Å². The summed E-state index contributed by atoms with van der Waals surface area (Å²) < 4.78 is 0.699. The zero-order chi connectivity index (χ0) is 22.0. The Bertz CT molecular complexity index is 1160. The van der Waals surface area contributed by atoms with Gasteiger partial charge in [-0.05, 0) is 43.3 Å².